The molecule has 1 atom stereocenters. The number of para-hydroxylation sites is 1. The van der Waals surface area contributed by atoms with Gasteiger partial charge in [-0.05, 0) is 42.0 Å². The molecule has 0 unspecified atom stereocenters. The summed E-state index contributed by atoms with van der Waals surface area (Å²) in [4.78, 5) is 28.3. The molecule has 0 spiro atoms. The second-order valence-corrected chi connectivity index (χ2v) is 7.57. The fourth-order valence-electron chi connectivity index (χ4n) is 3.64. The first-order valence-corrected chi connectivity index (χ1v) is 10.7. The van der Waals surface area contributed by atoms with Crippen LogP contribution in [0.2, 0.25) is 0 Å². The van der Waals surface area contributed by atoms with E-state index < -0.39 is 17.8 Å². The van der Waals surface area contributed by atoms with Gasteiger partial charge in [0.15, 0.2) is 0 Å². The van der Waals surface area contributed by atoms with Gasteiger partial charge in [-0.2, -0.15) is 0 Å². The number of methoxy groups -OCH3 is 1. The van der Waals surface area contributed by atoms with Crippen LogP contribution in [0.1, 0.15) is 17.4 Å². The van der Waals surface area contributed by atoms with E-state index in [0.717, 1.165) is 0 Å². The second-order valence-electron chi connectivity index (χ2n) is 7.57. The van der Waals surface area contributed by atoms with E-state index in [9.17, 15) is 14.0 Å². The molecule has 4 rings (SSSR count). The molecule has 2 aromatic carbocycles. The smallest absolute Gasteiger partial charge is 0.247 e. The number of fused-ring (bicyclic) bond motifs is 1. The summed E-state index contributed by atoms with van der Waals surface area (Å²) in [5.41, 5.74) is 1.80. The maximum Gasteiger partial charge on any atom is 0.247 e. The van der Waals surface area contributed by atoms with Crippen molar-refractivity contribution < 1.29 is 23.1 Å². The summed E-state index contributed by atoms with van der Waals surface area (Å²) in [6.07, 6.45) is 1.49. The standard InChI is InChI=1S/C24H24FN5O4/c1-33-14-12-26-24(32)23(17-8-10-18(25)11-9-17)29(15-19-5-4-13-34-19)22(31)16-30-21-7-3-2-6-20(21)27-28-30/h2-11,13,23H,12,14-16H2,1H3,(H,26,32)/t23-/m1/s1. The minimum atomic E-state index is -1.04. The number of aromatic nitrogens is 3. The molecule has 176 valence electrons. The van der Waals surface area contributed by atoms with Crippen molar-refractivity contribution in [3.63, 3.8) is 0 Å². The van der Waals surface area contributed by atoms with Gasteiger partial charge in [-0.3, -0.25) is 9.59 Å². The maximum absolute atomic E-state index is 13.6. The van der Waals surface area contributed by atoms with Crippen LogP contribution in [0.4, 0.5) is 4.39 Å². The maximum atomic E-state index is 13.6. The van der Waals surface area contributed by atoms with Crippen molar-refractivity contribution in [2.24, 2.45) is 0 Å². The van der Waals surface area contributed by atoms with Crippen LogP contribution in [0, 0.1) is 5.82 Å². The van der Waals surface area contributed by atoms with Crippen LogP contribution in [0.5, 0.6) is 0 Å². The summed E-state index contributed by atoms with van der Waals surface area (Å²) in [5, 5.41) is 11.0. The highest BCUT2D eigenvalue weighted by Crippen LogP contribution is 2.25. The van der Waals surface area contributed by atoms with Gasteiger partial charge in [-0.15, -0.1) is 5.10 Å². The van der Waals surface area contributed by atoms with Gasteiger partial charge in [0.1, 0.15) is 29.7 Å². The molecule has 0 fully saturated rings. The molecule has 2 aromatic heterocycles. The number of hydrogen-bond acceptors (Lipinski definition) is 6. The Bertz CT molecular complexity index is 1240. The number of rotatable bonds is 10. The summed E-state index contributed by atoms with van der Waals surface area (Å²) in [6.45, 7) is 0.435. The zero-order valence-electron chi connectivity index (χ0n) is 18.6. The fourth-order valence-corrected chi connectivity index (χ4v) is 3.64. The lowest BCUT2D eigenvalue weighted by molar-refractivity contribution is -0.142. The van der Waals surface area contributed by atoms with Crippen molar-refractivity contribution in [1.82, 2.24) is 25.2 Å². The molecule has 0 saturated carbocycles. The van der Waals surface area contributed by atoms with Crippen molar-refractivity contribution in [3.8, 4) is 0 Å². The molecule has 0 saturated heterocycles. The largest absolute Gasteiger partial charge is 0.467 e. The van der Waals surface area contributed by atoms with Crippen LogP contribution in [-0.2, 0) is 27.4 Å². The minimum absolute atomic E-state index is 0.0260. The molecular weight excluding hydrogens is 441 g/mol. The molecule has 0 aliphatic rings. The third-order valence-corrected chi connectivity index (χ3v) is 5.28. The zero-order chi connectivity index (χ0) is 23.9. The third kappa shape index (κ3) is 5.29. The normalized spacial score (nSPS) is 11.9. The first-order chi connectivity index (χ1) is 16.6. The molecule has 0 bridgehead atoms. The van der Waals surface area contributed by atoms with Crippen molar-refractivity contribution in [2.45, 2.75) is 19.1 Å². The van der Waals surface area contributed by atoms with Crippen molar-refractivity contribution >= 4 is 22.8 Å². The number of carbonyl (C=O) groups excluding carboxylic acids is 2. The van der Waals surface area contributed by atoms with Crippen molar-refractivity contribution in [2.75, 3.05) is 20.3 Å². The topological polar surface area (TPSA) is 102 Å². The number of furan rings is 1. The van der Waals surface area contributed by atoms with Gasteiger partial charge in [-0.25, -0.2) is 9.07 Å². The van der Waals surface area contributed by atoms with E-state index in [1.54, 1.807) is 18.2 Å². The fraction of sp³-hybridized carbons (Fsp3) is 0.250. The highest BCUT2D eigenvalue weighted by atomic mass is 19.1. The Morgan fingerprint density at radius 2 is 1.94 bits per heavy atom. The number of carbonyl (C=O) groups is 2. The van der Waals surface area contributed by atoms with E-state index in [4.69, 9.17) is 9.15 Å². The lowest BCUT2D eigenvalue weighted by Gasteiger charge is -2.31. The Morgan fingerprint density at radius 3 is 2.68 bits per heavy atom. The molecule has 1 N–H and O–H groups in total. The highest BCUT2D eigenvalue weighted by Gasteiger charge is 2.32. The molecule has 2 amide bonds. The van der Waals surface area contributed by atoms with E-state index in [2.05, 4.69) is 15.6 Å². The quantitative estimate of drug-likeness (QED) is 0.361. The van der Waals surface area contributed by atoms with Gasteiger partial charge < -0.3 is 19.4 Å². The number of amides is 2. The summed E-state index contributed by atoms with van der Waals surface area (Å²) >= 11 is 0. The van der Waals surface area contributed by atoms with E-state index in [1.807, 2.05) is 18.2 Å². The van der Waals surface area contributed by atoms with Gasteiger partial charge in [0, 0.05) is 13.7 Å². The average molecular weight is 465 g/mol. The molecule has 34 heavy (non-hydrogen) atoms. The number of nitrogens with zero attached hydrogens (tertiary/aromatic N) is 4. The molecule has 10 heteroatoms. The Kier molecular flexibility index (Phi) is 7.28. The number of ether oxygens (including phenoxy) is 1. The number of benzene rings is 2. The van der Waals surface area contributed by atoms with E-state index >= 15 is 0 Å². The number of nitrogens with one attached hydrogen (secondary N) is 1. The minimum Gasteiger partial charge on any atom is -0.467 e. The zero-order valence-corrected chi connectivity index (χ0v) is 18.6. The Labute approximate surface area is 195 Å². The van der Waals surface area contributed by atoms with Crippen LogP contribution in [0.15, 0.2) is 71.3 Å². The monoisotopic (exact) mass is 465 g/mol. The summed E-state index contributed by atoms with van der Waals surface area (Å²) in [6, 6.07) is 15.2. The highest BCUT2D eigenvalue weighted by molar-refractivity contribution is 5.89. The van der Waals surface area contributed by atoms with Crippen LogP contribution in [0.25, 0.3) is 11.0 Å². The molecule has 9 nitrogen and oxygen atoms in total. The average Bonchev–Trinajstić information content (AvgIpc) is 3.50. The first kappa shape index (κ1) is 23.1. The predicted molar refractivity (Wildman–Crippen MR) is 121 cm³/mol. The van der Waals surface area contributed by atoms with Crippen LogP contribution < -0.4 is 5.32 Å². The van der Waals surface area contributed by atoms with Crippen molar-refractivity contribution in [1.29, 1.82) is 0 Å². The lowest BCUT2D eigenvalue weighted by atomic mass is 10.0. The van der Waals surface area contributed by atoms with Gasteiger partial charge >= 0.3 is 0 Å². The van der Waals surface area contributed by atoms with E-state index in [0.29, 0.717) is 29.0 Å². The third-order valence-electron chi connectivity index (χ3n) is 5.28. The van der Waals surface area contributed by atoms with Crippen molar-refractivity contribution in [3.05, 3.63) is 84.1 Å². The molecule has 0 aliphatic carbocycles. The van der Waals surface area contributed by atoms with Gasteiger partial charge in [-0.1, -0.05) is 29.5 Å². The summed E-state index contributed by atoms with van der Waals surface area (Å²) < 4.78 is 25.6. The lowest BCUT2D eigenvalue weighted by Crippen LogP contribution is -2.45. The molecule has 0 radical (unpaired) electrons. The molecule has 2 heterocycles. The van der Waals surface area contributed by atoms with Crippen LogP contribution in [-0.4, -0.2) is 52.0 Å². The Morgan fingerprint density at radius 1 is 1.15 bits per heavy atom. The van der Waals surface area contributed by atoms with E-state index in [-0.39, 0.29) is 25.5 Å². The van der Waals surface area contributed by atoms with Crippen LogP contribution in [0.3, 0.4) is 0 Å². The Hall–Kier alpha value is -4.05. The molecule has 4 aromatic rings. The van der Waals surface area contributed by atoms with Gasteiger partial charge in [0.05, 0.1) is 24.9 Å². The molecular formula is C24H24FN5O4. The SMILES string of the molecule is COCCNC(=O)[C@@H](c1ccc(F)cc1)N(Cc1ccco1)C(=O)Cn1nnc2ccccc21. The van der Waals surface area contributed by atoms with Gasteiger partial charge in [0.2, 0.25) is 11.8 Å². The Balaban J connectivity index is 1.69. The molecule has 0 aliphatic heterocycles. The van der Waals surface area contributed by atoms with Gasteiger partial charge in [0.25, 0.3) is 0 Å². The van der Waals surface area contributed by atoms with E-state index in [1.165, 1.54) is 47.2 Å². The first-order valence-electron chi connectivity index (χ1n) is 10.7. The number of hydrogen-bond donors (Lipinski definition) is 1. The summed E-state index contributed by atoms with van der Waals surface area (Å²) in [7, 11) is 1.53. The second kappa shape index (κ2) is 10.7. The summed E-state index contributed by atoms with van der Waals surface area (Å²) in [5.74, 6) is -0.760. The predicted octanol–water partition coefficient (Wildman–Crippen LogP) is 2.70. The number of halogens is 1. The van der Waals surface area contributed by atoms with Crippen LogP contribution >= 0.6 is 0 Å².